The van der Waals surface area contributed by atoms with E-state index in [1.165, 1.54) is 19.4 Å². The van der Waals surface area contributed by atoms with Gasteiger partial charge in [-0.3, -0.25) is 4.79 Å². The third-order valence-corrected chi connectivity index (χ3v) is 3.62. The van der Waals surface area contributed by atoms with Crippen molar-refractivity contribution < 1.29 is 9.90 Å². The zero-order valence-corrected chi connectivity index (χ0v) is 9.77. The van der Waals surface area contributed by atoms with Crippen LogP contribution in [0, 0.1) is 11.8 Å². The molecule has 0 aromatic heterocycles. The molecule has 0 aromatic carbocycles. The Labute approximate surface area is 96.8 Å². The van der Waals surface area contributed by atoms with Crippen molar-refractivity contribution in [3.8, 4) is 0 Å². The van der Waals surface area contributed by atoms with Crippen LogP contribution in [0.2, 0.25) is 0 Å². The Morgan fingerprint density at radius 1 is 1.31 bits per heavy atom. The van der Waals surface area contributed by atoms with Crippen LogP contribution in [0.25, 0.3) is 0 Å². The van der Waals surface area contributed by atoms with Gasteiger partial charge in [0.1, 0.15) is 0 Å². The van der Waals surface area contributed by atoms with E-state index in [0.29, 0.717) is 5.92 Å². The van der Waals surface area contributed by atoms with Gasteiger partial charge in [0.15, 0.2) is 0 Å². The van der Waals surface area contributed by atoms with E-state index in [0.717, 1.165) is 31.8 Å². The summed E-state index contributed by atoms with van der Waals surface area (Å²) in [6, 6.07) is 0.242. The Balaban J connectivity index is 1.76. The quantitative estimate of drug-likeness (QED) is 0.731. The molecular formula is C12H22N2O2. The van der Waals surface area contributed by atoms with Crippen LogP contribution in [0.5, 0.6) is 0 Å². The largest absolute Gasteiger partial charge is 0.481 e. The summed E-state index contributed by atoms with van der Waals surface area (Å²) in [5, 5.41) is 8.69. The molecule has 1 heterocycles. The lowest BCUT2D eigenvalue weighted by Gasteiger charge is -2.36. The number of piperidine rings is 1. The van der Waals surface area contributed by atoms with Gasteiger partial charge in [-0.1, -0.05) is 0 Å². The molecule has 0 amide bonds. The van der Waals surface area contributed by atoms with Crippen LogP contribution in [-0.4, -0.2) is 41.7 Å². The highest BCUT2D eigenvalue weighted by atomic mass is 16.4. The molecule has 3 N–H and O–H groups in total. The summed E-state index contributed by atoms with van der Waals surface area (Å²) in [7, 11) is 0. The first-order valence-corrected chi connectivity index (χ1v) is 6.33. The maximum Gasteiger partial charge on any atom is 0.303 e. The summed E-state index contributed by atoms with van der Waals surface area (Å²) in [4.78, 5) is 13.0. The van der Waals surface area contributed by atoms with Crippen LogP contribution in [0.3, 0.4) is 0 Å². The fraction of sp³-hybridized carbons (Fsp3) is 0.917. The van der Waals surface area contributed by atoms with Crippen molar-refractivity contribution in [2.75, 3.05) is 19.6 Å². The molecule has 0 radical (unpaired) electrons. The number of aliphatic carboxylic acids is 1. The highest BCUT2D eigenvalue weighted by Crippen LogP contribution is 2.31. The standard InChI is InChI=1S/C12H22N2O2/c13-11-5-10(3-4-12(15)16)7-14(8-11)6-9-1-2-9/h9-11H,1-8,13H2,(H,15,16). The molecular weight excluding hydrogens is 204 g/mol. The van der Waals surface area contributed by atoms with Gasteiger partial charge in [0.05, 0.1) is 0 Å². The molecule has 1 aliphatic heterocycles. The van der Waals surface area contributed by atoms with E-state index in [9.17, 15) is 4.79 Å². The van der Waals surface area contributed by atoms with Gasteiger partial charge in [-0.2, -0.15) is 0 Å². The highest BCUT2D eigenvalue weighted by molar-refractivity contribution is 5.66. The first kappa shape index (κ1) is 11.9. The number of hydrogen-bond acceptors (Lipinski definition) is 3. The molecule has 1 saturated carbocycles. The Bertz CT molecular complexity index is 251. The van der Waals surface area contributed by atoms with Crippen molar-refractivity contribution in [1.29, 1.82) is 0 Å². The Morgan fingerprint density at radius 2 is 2.06 bits per heavy atom. The predicted molar refractivity (Wildman–Crippen MR) is 62.1 cm³/mol. The van der Waals surface area contributed by atoms with E-state index in [1.807, 2.05) is 0 Å². The van der Waals surface area contributed by atoms with Crippen LogP contribution in [0.15, 0.2) is 0 Å². The van der Waals surface area contributed by atoms with Crippen molar-refractivity contribution in [1.82, 2.24) is 4.90 Å². The Morgan fingerprint density at radius 3 is 2.69 bits per heavy atom. The van der Waals surface area contributed by atoms with E-state index in [4.69, 9.17) is 10.8 Å². The average molecular weight is 226 g/mol. The zero-order chi connectivity index (χ0) is 11.5. The van der Waals surface area contributed by atoms with Gasteiger partial charge in [0, 0.05) is 32.1 Å². The number of nitrogens with zero attached hydrogens (tertiary/aromatic N) is 1. The minimum atomic E-state index is -0.687. The minimum absolute atomic E-state index is 0.242. The van der Waals surface area contributed by atoms with Crippen molar-refractivity contribution in [3.05, 3.63) is 0 Å². The van der Waals surface area contributed by atoms with Crippen LogP contribution in [0.4, 0.5) is 0 Å². The molecule has 1 saturated heterocycles. The summed E-state index contributed by atoms with van der Waals surface area (Å²) < 4.78 is 0. The van der Waals surface area contributed by atoms with E-state index in [2.05, 4.69) is 4.90 Å². The summed E-state index contributed by atoms with van der Waals surface area (Å²) in [6.07, 6.45) is 4.80. The predicted octanol–water partition coefficient (Wildman–Crippen LogP) is 0.910. The lowest BCUT2D eigenvalue weighted by atomic mass is 9.90. The van der Waals surface area contributed by atoms with Crippen molar-refractivity contribution in [3.63, 3.8) is 0 Å². The maximum absolute atomic E-state index is 10.5. The topological polar surface area (TPSA) is 66.6 Å². The normalized spacial score (nSPS) is 31.6. The van der Waals surface area contributed by atoms with Crippen LogP contribution in [0.1, 0.15) is 32.1 Å². The lowest BCUT2D eigenvalue weighted by Crippen LogP contribution is -2.47. The number of likely N-dealkylation sites (tertiary alicyclic amines) is 1. The summed E-state index contributed by atoms with van der Waals surface area (Å²) >= 11 is 0. The smallest absolute Gasteiger partial charge is 0.303 e. The molecule has 2 unspecified atom stereocenters. The summed E-state index contributed by atoms with van der Waals surface area (Å²) in [6.45, 7) is 3.23. The number of hydrogen-bond donors (Lipinski definition) is 2. The van der Waals surface area contributed by atoms with Gasteiger partial charge in [-0.05, 0) is 37.5 Å². The van der Waals surface area contributed by atoms with E-state index >= 15 is 0 Å². The molecule has 0 spiro atoms. The molecule has 92 valence electrons. The van der Waals surface area contributed by atoms with Crippen LogP contribution < -0.4 is 5.73 Å². The van der Waals surface area contributed by atoms with Crippen LogP contribution in [-0.2, 0) is 4.79 Å². The molecule has 0 aromatic rings. The number of carboxylic acids is 1. The monoisotopic (exact) mass is 226 g/mol. The first-order chi connectivity index (χ1) is 7.63. The molecule has 0 bridgehead atoms. The average Bonchev–Trinajstić information content (AvgIpc) is 2.98. The second-order valence-corrected chi connectivity index (χ2v) is 5.46. The molecule has 2 rings (SSSR count). The van der Waals surface area contributed by atoms with Crippen molar-refractivity contribution >= 4 is 5.97 Å². The number of nitrogens with two attached hydrogens (primary N) is 1. The first-order valence-electron chi connectivity index (χ1n) is 6.33. The fourth-order valence-electron chi connectivity index (χ4n) is 2.70. The molecule has 4 heteroatoms. The lowest BCUT2D eigenvalue weighted by molar-refractivity contribution is -0.137. The van der Waals surface area contributed by atoms with Crippen molar-refractivity contribution in [2.24, 2.45) is 17.6 Å². The zero-order valence-electron chi connectivity index (χ0n) is 9.77. The summed E-state index contributed by atoms with van der Waals surface area (Å²) in [5.74, 6) is 0.692. The third kappa shape index (κ3) is 3.76. The van der Waals surface area contributed by atoms with E-state index in [-0.39, 0.29) is 12.5 Å². The third-order valence-electron chi connectivity index (χ3n) is 3.62. The van der Waals surface area contributed by atoms with E-state index < -0.39 is 5.97 Å². The Hall–Kier alpha value is -0.610. The SMILES string of the molecule is NC1CC(CCC(=O)O)CN(CC2CC2)C1. The van der Waals surface area contributed by atoms with Gasteiger partial charge in [-0.25, -0.2) is 0 Å². The number of carbonyl (C=O) groups is 1. The molecule has 2 aliphatic rings. The van der Waals surface area contributed by atoms with Gasteiger partial charge in [0.25, 0.3) is 0 Å². The highest BCUT2D eigenvalue weighted by Gasteiger charge is 2.30. The Kier molecular flexibility index (Phi) is 3.82. The minimum Gasteiger partial charge on any atom is -0.481 e. The van der Waals surface area contributed by atoms with Crippen LogP contribution >= 0.6 is 0 Å². The van der Waals surface area contributed by atoms with Crippen molar-refractivity contribution in [2.45, 2.75) is 38.1 Å². The maximum atomic E-state index is 10.5. The number of rotatable bonds is 5. The second-order valence-electron chi connectivity index (χ2n) is 5.46. The molecule has 4 nitrogen and oxygen atoms in total. The van der Waals surface area contributed by atoms with E-state index in [1.54, 1.807) is 0 Å². The fourth-order valence-corrected chi connectivity index (χ4v) is 2.70. The van der Waals surface area contributed by atoms with Gasteiger partial charge in [-0.15, -0.1) is 0 Å². The molecule has 1 aliphatic carbocycles. The molecule has 2 atom stereocenters. The van der Waals surface area contributed by atoms with Gasteiger partial charge >= 0.3 is 5.97 Å². The van der Waals surface area contributed by atoms with Gasteiger partial charge < -0.3 is 15.7 Å². The van der Waals surface area contributed by atoms with Gasteiger partial charge in [0.2, 0.25) is 0 Å². The summed E-state index contributed by atoms with van der Waals surface area (Å²) in [5.41, 5.74) is 6.03. The second kappa shape index (κ2) is 5.15. The number of carboxylic acid groups (broad SMARTS) is 1. The molecule has 16 heavy (non-hydrogen) atoms. The molecule has 2 fully saturated rings.